The zero-order valence-electron chi connectivity index (χ0n) is 11.9. The van der Waals surface area contributed by atoms with Gasteiger partial charge in [-0.1, -0.05) is 36.4 Å². The summed E-state index contributed by atoms with van der Waals surface area (Å²) >= 11 is 1.63. The number of rotatable bonds is 4. The first-order chi connectivity index (χ1) is 10.7. The van der Waals surface area contributed by atoms with Crippen molar-refractivity contribution in [1.82, 2.24) is 16.2 Å². The molecule has 114 valence electrons. The SMILES string of the molecule is NC1NNC(Sc2ccccc2)C1NC(=O)c1ccccc1. The number of amides is 1. The Morgan fingerprint density at radius 1 is 1.00 bits per heavy atom. The Kier molecular flexibility index (Phi) is 4.74. The van der Waals surface area contributed by atoms with E-state index < -0.39 is 0 Å². The molecule has 0 aliphatic carbocycles. The molecule has 22 heavy (non-hydrogen) atoms. The summed E-state index contributed by atoms with van der Waals surface area (Å²) < 4.78 is 0. The van der Waals surface area contributed by atoms with E-state index in [0.717, 1.165) is 4.90 Å². The van der Waals surface area contributed by atoms with E-state index in [9.17, 15) is 4.79 Å². The molecule has 0 spiro atoms. The summed E-state index contributed by atoms with van der Waals surface area (Å²) in [5.41, 5.74) is 12.8. The van der Waals surface area contributed by atoms with E-state index in [4.69, 9.17) is 5.73 Å². The summed E-state index contributed by atoms with van der Waals surface area (Å²) in [6.45, 7) is 0. The average molecular weight is 314 g/mol. The molecule has 3 unspecified atom stereocenters. The summed E-state index contributed by atoms with van der Waals surface area (Å²) in [4.78, 5) is 13.4. The summed E-state index contributed by atoms with van der Waals surface area (Å²) in [7, 11) is 0. The maximum atomic E-state index is 12.3. The van der Waals surface area contributed by atoms with Gasteiger partial charge in [0.1, 0.15) is 0 Å². The van der Waals surface area contributed by atoms with Crippen LogP contribution in [0.15, 0.2) is 65.6 Å². The van der Waals surface area contributed by atoms with Crippen molar-refractivity contribution in [2.75, 3.05) is 0 Å². The van der Waals surface area contributed by atoms with Crippen LogP contribution in [-0.2, 0) is 0 Å². The van der Waals surface area contributed by atoms with Crippen LogP contribution in [0.4, 0.5) is 0 Å². The number of nitrogens with one attached hydrogen (secondary N) is 3. The van der Waals surface area contributed by atoms with Gasteiger partial charge in [-0.25, -0.2) is 10.9 Å². The first-order valence-corrected chi connectivity index (χ1v) is 7.96. The second kappa shape index (κ2) is 6.93. The topological polar surface area (TPSA) is 79.2 Å². The van der Waals surface area contributed by atoms with Crippen molar-refractivity contribution in [3.05, 3.63) is 66.2 Å². The van der Waals surface area contributed by atoms with Crippen molar-refractivity contribution < 1.29 is 4.79 Å². The van der Waals surface area contributed by atoms with Crippen LogP contribution < -0.4 is 21.9 Å². The number of nitrogens with two attached hydrogens (primary N) is 1. The minimum atomic E-state index is -0.339. The molecule has 3 atom stereocenters. The van der Waals surface area contributed by atoms with Gasteiger partial charge in [0.05, 0.1) is 17.6 Å². The van der Waals surface area contributed by atoms with Crippen molar-refractivity contribution >= 4 is 17.7 Å². The molecule has 0 bridgehead atoms. The third kappa shape index (κ3) is 3.48. The van der Waals surface area contributed by atoms with Crippen LogP contribution in [0.25, 0.3) is 0 Å². The second-order valence-corrected chi connectivity index (χ2v) is 6.25. The van der Waals surface area contributed by atoms with E-state index >= 15 is 0 Å². The fourth-order valence-electron chi connectivity index (χ4n) is 2.28. The van der Waals surface area contributed by atoms with Crippen LogP contribution in [0.3, 0.4) is 0 Å². The first-order valence-electron chi connectivity index (χ1n) is 7.08. The van der Waals surface area contributed by atoms with Gasteiger partial charge < -0.3 is 11.1 Å². The molecule has 2 aromatic carbocycles. The van der Waals surface area contributed by atoms with Crippen LogP contribution in [0.2, 0.25) is 0 Å². The molecule has 5 N–H and O–H groups in total. The molecular weight excluding hydrogens is 296 g/mol. The van der Waals surface area contributed by atoms with Gasteiger partial charge in [-0.15, -0.1) is 11.8 Å². The van der Waals surface area contributed by atoms with Crippen molar-refractivity contribution in [2.45, 2.75) is 22.5 Å². The number of hydrazine groups is 1. The molecule has 1 aliphatic rings. The van der Waals surface area contributed by atoms with Gasteiger partial charge in [-0.05, 0) is 24.3 Å². The fourth-order valence-corrected chi connectivity index (χ4v) is 3.40. The number of benzene rings is 2. The lowest BCUT2D eigenvalue weighted by Crippen LogP contribution is -2.51. The number of carbonyl (C=O) groups is 1. The van der Waals surface area contributed by atoms with Gasteiger partial charge in [0.2, 0.25) is 0 Å². The smallest absolute Gasteiger partial charge is 0.251 e. The van der Waals surface area contributed by atoms with Crippen LogP contribution in [-0.4, -0.2) is 23.5 Å². The van der Waals surface area contributed by atoms with Crippen molar-refractivity contribution in [1.29, 1.82) is 0 Å². The van der Waals surface area contributed by atoms with Crippen LogP contribution in [0.5, 0.6) is 0 Å². The lowest BCUT2D eigenvalue weighted by atomic mass is 10.2. The van der Waals surface area contributed by atoms with Gasteiger partial charge in [-0.2, -0.15) is 0 Å². The molecule has 6 heteroatoms. The number of hydrogen-bond acceptors (Lipinski definition) is 5. The van der Waals surface area contributed by atoms with E-state index in [1.54, 1.807) is 23.9 Å². The molecule has 0 radical (unpaired) electrons. The van der Waals surface area contributed by atoms with Crippen LogP contribution in [0, 0.1) is 0 Å². The van der Waals surface area contributed by atoms with Gasteiger partial charge >= 0.3 is 0 Å². The normalized spacial score (nSPS) is 24.1. The Balaban J connectivity index is 1.69. The standard InChI is InChI=1S/C16H18N4OS/c17-14-13(18-15(21)11-7-3-1-4-8-11)16(20-19-14)22-12-9-5-2-6-10-12/h1-10,13-14,16,19-20H,17H2,(H,18,21). The Morgan fingerprint density at radius 2 is 1.64 bits per heavy atom. The van der Waals surface area contributed by atoms with Crippen molar-refractivity contribution in [3.63, 3.8) is 0 Å². The first kappa shape index (κ1) is 15.1. The molecule has 1 aliphatic heterocycles. The minimum Gasteiger partial charge on any atom is -0.344 e. The molecule has 5 nitrogen and oxygen atoms in total. The van der Waals surface area contributed by atoms with Gasteiger partial charge in [0, 0.05) is 10.5 Å². The zero-order valence-corrected chi connectivity index (χ0v) is 12.7. The third-order valence-corrected chi connectivity index (χ3v) is 4.65. The van der Waals surface area contributed by atoms with Crippen molar-refractivity contribution in [3.8, 4) is 0 Å². The van der Waals surface area contributed by atoms with Gasteiger partial charge in [0.15, 0.2) is 0 Å². The molecule has 3 rings (SSSR count). The highest BCUT2D eigenvalue weighted by Crippen LogP contribution is 2.26. The number of thioether (sulfide) groups is 1. The quantitative estimate of drug-likeness (QED) is 0.684. The molecule has 1 saturated heterocycles. The van der Waals surface area contributed by atoms with E-state index in [-0.39, 0.29) is 23.5 Å². The fraction of sp³-hybridized carbons (Fsp3) is 0.188. The molecule has 0 aromatic heterocycles. The van der Waals surface area contributed by atoms with Gasteiger partial charge in [0.25, 0.3) is 5.91 Å². The average Bonchev–Trinajstić information content (AvgIpc) is 2.90. The van der Waals surface area contributed by atoms with E-state index in [1.165, 1.54) is 0 Å². The third-order valence-electron chi connectivity index (χ3n) is 3.45. The summed E-state index contributed by atoms with van der Waals surface area (Å²) in [5, 5.41) is 2.97. The van der Waals surface area contributed by atoms with E-state index in [2.05, 4.69) is 16.2 Å². The molecule has 0 saturated carbocycles. The molecular formula is C16H18N4OS. The highest BCUT2D eigenvalue weighted by atomic mass is 32.2. The van der Waals surface area contributed by atoms with E-state index in [0.29, 0.717) is 5.56 Å². The summed E-state index contributed by atoms with van der Waals surface area (Å²) in [5.74, 6) is -0.120. The Hall–Kier alpha value is -1.86. The lowest BCUT2D eigenvalue weighted by Gasteiger charge is -2.22. The summed E-state index contributed by atoms with van der Waals surface area (Å²) in [6, 6.07) is 19.0. The molecule has 1 amide bonds. The largest absolute Gasteiger partial charge is 0.344 e. The number of hydrogen-bond donors (Lipinski definition) is 4. The Morgan fingerprint density at radius 3 is 2.32 bits per heavy atom. The zero-order chi connectivity index (χ0) is 15.4. The van der Waals surface area contributed by atoms with Crippen molar-refractivity contribution in [2.24, 2.45) is 5.73 Å². The monoisotopic (exact) mass is 314 g/mol. The minimum absolute atomic E-state index is 0.0370. The maximum absolute atomic E-state index is 12.3. The highest BCUT2D eigenvalue weighted by Gasteiger charge is 2.35. The molecule has 1 fully saturated rings. The summed E-state index contributed by atoms with van der Waals surface area (Å²) in [6.07, 6.45) is -0.339. The molecule has 2 aromatic rings. The highest BCUT2D eigenvalue weighted by molar-refractivity contribution is 8.00. The Bertz CT molecular complexity index is 623. The second-order valence-electron chi connectivity index (χ2n) is 5.03. The van der Waals surface area contributed by atoms with Crippen LogP contribution >= 0.6 is 11.8 Å². The predicted octanol–water partition coefficient (Wildman–Crippen LogP) is 1.30. The lowest BCUT2D eigenvalue weighted by molar-refractivity contribution is 0.0934. The Labute approximate surface area is 133 Å². The van der Waals surface area contributed by atoms with Gasteiger partial charge in [-0.3, -0.25) is 4.79 Å². The maximum Gasteiger partial charge on any atom is 0.251 e. The number of carbonyl (C=O) groups excluding carboxylic acids is 1. The van der Waals surface area contributed by atoms with E-state index in [1.807, 2.05) is 48.5 Å². The molecule has 1 heterocycles. The predicted molar refractivity (Wildman–Crippen MR) is 88.0 cm³/mol. The van der Waals surface area contributed by atoms with Crippen LogP contribution in [0.1, 0.15) is 10.4 Å².